The van der Waals surface area contributed by atoms with Crippen molar-refractivity contribution in [2.45, 2.75) is 26.8 Å². The lowest BCUT2D eigenvalue weighted by molar-refractivity contribution is -0.122. The van der Waals surface area contributed by atoms with E-state index in [4.69, 9.17) is 28.4 Å². The van der Waals surface area contributed by atoms with Gasteiger partial charge in [-0.2, -0.15) is 0 Å². The van der Waals surface area contributed by atoms with Gasteiger partial charge in [0.25, 0.3) is 0 Å². The second-order valence-corrected chi connectivity index (χ2v) is 5.93. The van der Waals surface area contributed by atoms with Gasteiger partial charge in [-0.05, 0) is 6.92 Å². The zero-order valence-corrected chi connectivity index (χ0v) is 16.6. The largest absolute Gasteiger partial charge is 0.378 e. The molecule has 0 atom stereocenters. The van der Waals surface area contributed by atoms with Crippen molar-refractivity contribution in [1.29, 1.82) is 0 Å². The predicted octanol–water partition coefficient (Wildman–Crippen LogP) is 0.673. The van der Waals surface area contributed by atoms with Gasteiger partial charge in [-0.25, -0.2) is 0 Å². The summed E-state index contributed by atoms with van der Waals surface area (Å²) in [5.41, 5.74) is 0. The maximum Gasteiger partial charge on any atom is 0.155 e. The van der Waals surface area contributed by atoms with Crippen molar-refractivity contribution in [3.05, 3.63) is 0 Å². The average Bonchev–Trinajstić information content (AvgIpc) is 2.59. The molecule has 0 radical (unpaired) electrons. The molecule has 0 fully saturated rings. The zero-order chi connectivity index (χ0) is 19.3. The summed E-state index contributed by atoms with van der Waals surface area (Å²) in [5, 5.41) is 3.28. The van der Waals surface area contributed by atoms with Crippen LogP contribution in [0.5, 0.6) is 0 Å². The fraction of sp³-hybridized carbons (Fsp3) is 0.944. The fourth-order valence-corrected chi connectivity index (χ4v) is 1.74. The van der Waals surface area contributed by atoms with E-state index in [0.717, 1.165) is 6.54 Å². The van der Waals surface area contributed by atoms with Gasteiger partial charge in [0.15, 0.2) is 5.78 Å². The van der Waals surface area contributed by atoms with E-state index in [-0.39, 0.29) is 12.4 Å². The van der Waals surface area contributed by atoms with Crippen molar-refractivity contribution >= 4 is 5.78 Å². The minimum absolute atomic E-state index is 0.0155. The van der Waals surface area contributed by atoms with E-state index in [1.165, 1.54) is 6.92 Å². The first-order valence-corrected chi connectivity index (χ1v) is 9.32. The third kappa shape index (κ3) is 23.4. The van der Waals surface area contributed by atoms with Crippen LogP contribution in [0, 0.1) is 0 Å². The Kier molecular flexibility index (Phi) is 20.2. The number of ketones is 1. The third-order valence-electron chi connectivity index (χ3n) is 2.96. The zero-order valence-electron chi connectivity index (χ0n) is 16.6. The van der Waals surface area contributed by atoms with Gasteiger partial charge in [0.2, 0.25) is 0 Å². The summed E-state index contributed by atoms with van der Waals surface area (Å²) < 4.78 is 32.0. The van der Waals surface area contributed by atoms with E-state index in [1.54, 1.807) is 0 Å². The lowest BCUT2D eigenvalue weighted by atomic mass is 10.4. The van der Waals surface area contributed by atoms with Crippen LogP contribution < -0.4 is 5.32 Å². The first kappa shape index (κ1) is 25.4. The molecule has 0 saturated heterocycles. The van der Waals surface area contributed by atoms with Gasteiger partial charge in [0.1, 0.15) is 6.61 Å². The van der Waals surface area contributed by atoms with Crippen LogP contribution in [-0.4, -0.2) is 97.7 Å². The molecule has 26 heavy (non-hydrogen) atoms. The first-order valence-electron chi connectivity index (χ1n) is 9.32. The SMILES string of the molecule is CC(=O)COCCOCCOCCOCCOCCOCCNC(C)C. The summed E-state index contributed by atoms with van der Waals surface area (Å²) in [4.78, 5) is 10.6. The highest BCUT2D eigenvalue weighted by atomic mass is 16.6. The number of hydrogen-bond acceptors (Lipinski definition) is 8. The molecule has 0 aliphatic rings. The van der Waals surface area contributed by atoms with Gasteiger partial charge in [0.05, 0.1) is 72.7 Å². The highest BCUT2D eigenvalue weighted by Crippen LogP contribution is 1.85. The molecule has 0 heterocycles. The Hall–Kier alpha value is -0.610. The molecular weight excluding hydrogens is 342 g/mol. The number of carbonyl (C=O) groups is 1. The van der Waals surface area contributed by atoms with E-state index in [2.05, 4.69) is 19.2 Å². The molecular formula is C18H37NO7. The molecule has 1 N–H and O–H groups in total. The Morgan fingerprint density at radius 1 is 0.654 bits per heavy atom. The Morgan fingerprint density at radius 3 is 1.35 bits per heavy atom. The molecule has 0 aromatic rings. The van der Waals surface area contributed by atoms with E-state index < -0.39 is 0 Å². The number of rotatable bonds is 21. The molecule has 0 rings (SSSR count). The van der Waals surface area contributed by atoms with Crippen molar-refractivity contribution in [3.63, 3.8) is 0 Å². The van der Waals surface area contributed by atoms with Crippen molar-refractivity contribution < 1.29 is 33.2 Å². The smallest absolute Gasteiger partial charge is 0.155 e. The summed E-state index contributed by atoms with van der Waals surface area (Å²) in [6.45, 7) is 12.6. The maximum absolute atomic E-state index is 10.6. The molecule has 0 amide bonds. The highest BCUT2D eigenvalue weighted by molar-refractivity contribution is 5.76. The van der Waals surface area contributed by atoms with Gasteiger partial charge < -0.3 is 33.7 Å². The third-order valence-corrected chi connectivity index (χ3v) is 2.96. The molecule has 0 spiro atoms. The molecule has 0 unspecified atom stereocenters. The summed E-state index contributed by atoms with van der Waals surface area (Å²) in [7, 11) is 0. The molecule has 156 valence electrons. The molecule has 0 aromatic heterocycles. The molecule has 8 heteroatoms. The average molecular weight is 379 g/mol. The van der Waals surface area contributed by atoms with Crippen LogP contribution in [-0.2, 0) is 33.2 Å². The number of Topliss-reactive ketones (excluding diaryl/α,β-unsaturated/α-hetero) is 1. The number of ether oxygens (including phenoxy) is 6. The summed E-state index contributed by atoms with van der Waals surface area (Å²) >= 11 is 0. The number of nitrogens with one attached hydrogen (secondary N) is 1. The topological polar surface area (TPSA) is 84.5 Å². The van der Waals surface area contributed by atoms with Crippen molar-refractivity contribution in [2.75, 3.05) is 85.8 Å². The van der Waals surface area contributed by atoms with Crippen molar-refractivity contribution in [3.8, 4) is 0 Å². The van der Waals surface area contributed by atoms with Crippen LogP contribution in [0.3, 0.4) is 0 Å². The van der Waals surface area contributed by atoms with E-state index in [1.807, 2.05) is 0 Å². The summed E-state index contributed by atoms with van der Waals surface area (Å²) in [5.74, 6) is 0.0155. The van der Waals surface area contributed by atoms with E-state index >= 15 is 0 Å². The molecule has 0 bridgehead atoms. The minimum atomic E-state index is 0.0155. The number of carbonyl (C=O) groups excluding carboxylic acids is 1. The Labute approximate surface area is 157 Å². The van der Waals surface area contributed by atoms with Crippen LogP contribution >= 0.6 is 0 Å². The monoisotopic (exact) mass is 379 g/mol. The predicted molar refractivity (Wildman–Crippen MR) is 98.7 cm³/mol. The Balaban J connectivity index is 3.00. The van der Waals surface area contributed by atoms with Gasteiger partial charge in [-0.15, -0.1) is 0 Å². The van der Waals surface area contributed by atoms with Gasteiger partial charge >= 0.3 is 0 Å². The highest BCUT2D eigenvalue weighted by Gasteiger charge is 1.95. The maximum atomic E-state index is 10.6. The van der Waals surface area contributed by atoms with Crippen LogP contribution in [0.1, 0.15) is 20.8 Å². The van der Waals surface area contributed by atoms with E-state index in [9.17, 15) is 4.79 Å². The lowest BCUT2D eigenvalue weighted by Crippen LogP contribution is -2.27. The number of hydrogen-bond donors (Lipinski definition) is 1. The van der Waals surface area contributed by atoms with Crippen LogP contribution in [0.4, 0.5) is 0 Å². The Bertz CT molecular complexity index is 303. The Morgan fingerprint density at radius 2 is 1.00 bits per heavy atom. The summed E-state index contributed by atoms with van der Waals surface area (Å²) in [6, 6.07) is 0.488. The second kappa shape index (κ2) is 20.7. The lowest BCUT2D eigenvalue weighted by Gasteiger charge is -2.09. The molecule has 0 saturated carbocycles. The van der Waals surface area contributed by atoms with Crippen molar-refractivity contribution in [1.82, 2.24) is 5.32 Å². The summed E-state index contributed by atoms with van der Waals surface area (Å²) in [6.07, 6.45) is 0. The van der Waals surface area contributed by atoms with Gasteiger partial charge in [-0.3, -0.25) is 4.79 Å². The van der Waals surface area contributed by atoms with Gasteiger partial charge in [-0.1, -0.05) is 13.8 Å². The quantitative estimate of drug-likeness (QED) is 0.291. The molecule has 8 nitrogen and oxygen atoms in total. The van der Waals surface area contributed by atoms with Gasteiger partial charge in [0, 0.05) is 12.6 Å². The van der Waals surface area contributed by atoms with Crippen LogP contribution in [0.2, 0.25) is 0 Å². The second-order valence-electron chi connectivity index (χ2n) is 5.93. The fourth-order valence-electron chi connectivity index (χ4n) is 1.74. The van der Waals surface area contributed by atoms with Crippen molar-refractivity contribution in [2.24, 2.45) is 0 Å². The van der Waals surface area contributed by atoms with E-state index in [0.29, 0.717) is 78.7 Å². The molecule has 0 aliphatic carbocycles. The molecule has 0 aliphatic heterocycles. The van der Waals surface area contributed by atoms with Crippen LogP contribution in [0.25, 0.3) is 0 Å². The minimum Gasteiger partial charge on any atom is -0.378 e. The van der Waals surface area contributed by atoms with Crippen LogP contribution in [0.15, 0.2) is 0 Å². The first-order chi connectivity index (χ1) is 12.6. The molecule has 0 aromatic carbocycles. The standard InChI is InChI=1S/C18H37NO7/c1-17(2)19-4-5-21-6-7-22-8-9-23-10-11-24-12-13-25-14-15-26-16-18(3)20/h17,19H,4-16H2,1-3H3. The normalized spacial score (nSPS) is 11.4.